The van der Waals surface area contributed by atoms with Crippen molar-refractivity contribution in [3.05, 3.63) is 107 Å². The lowest BCUT2D eigenvalue weighted by molar-refractivity contribution is 0.572. The molecule has 1 aliphatic rings. The number of nitrogens with one attached hydrogen (secondary N) is 1. The smallest absolute Gasteiger partial charge is 0.129 e. The molecule has 2 unspecified atom stereocenters. The van der Waals surface area contributed by atoms with E-state index in [0.717, 1.165) is 16.4 Å². The van der Waals surface area contributed by atoms with Crippen molar-refractivity contribution >= 4 is 17.4 Å². The number of rotatable bonds is 3. The van der Waals surface area contributed by atoms with E-state index in [4.69, 9.17) is 16.6 Å². The lowest BCUT2D eigenvalue weighted by atomic mass is 9.95. The highest BCUT2D eigenvalue weighted by Crippen LogP contribution is 2.36. The summed E-state index contributed by atoms with van der Waals surface area (Å²) in [4.78, 5) is 4.98. The lowest BCUT2D eigenvalue weighted by Gasteiger charge is -2.19. The summed E-state index contributed by atoms with van der Waals surface area (Å²) in [6, 6.07) is 28.9. The Morgan fingerprint density at radius 1 is 0.708 bits per heavy atom. The van der Waals surface area contributed by atoms with Crippen molar-refractivity contribution in [2.45, 2.75) is 12.1 Å². The highest BCUT2D eigenvalue weighted by molar-refractivity contribution is 6.30. The van der Waals surface area contributed by atoms with Crippen LogP contribution in [0.4, 0.5) is 0 Å². The van der Waals surface area contributed by atoms with E-state index < -0.39 is 0 Å². The van der Waals surface area contributed by atoms with Crippen molar-refractivity contribution < 1.29 is 0 Å². The maximum atomic E-state index is 6.01. The van der Waals surface area contributed by atoms with Crippen LogP contribution in [0.5, 0.6) is 0 Å². The van der Waals surface area contributed by atoms with Gasteiger partial charge in [0.15, 0.2) is 0 Å². The molecule has 1 heterocycles. The fraction of sp³-hybridized carbons (Fsp3) is 0.0952. The van der Waals surface area contributed by atoms with Crippen LogP contribution >= 0.6 is 11.6 Å². The van der Waals surface area contributed by atoms with Gasteiger partial charge in [-0.3, -0.25) is 4.99 Å². The van der Waals surface area contributed by atoms with Gasteiger partial charge in [0.2, 0.25) is 0 Å². The first-order chi connectivity index (χ1) is 11.8. The Morgan fingerprint density at radius 3 is 1.92 bits per heavy atom. The number of hydrogen-bond acceptors (Lipinski definition) is 2. The molecule has 0 bridgehead atoms. The first kappa shape index (κ1) is 15.0. The molecule has 1 aliphatic heterocycles. The zero-order valence-electron chi connectivity index (χ0n) is 13.1. The van der Waals surface area contributed by atoms with Gasteiger partial charge in [0.1, 0.15) is 11.9 Å². The summed E-state index contributed by atoms with van der Waals surface area (Å²) in [7, 11) is 0. The third-order valence-corrected chi connectivity index (χ3v) is 4.55. The fourth-order valence-electron chi connectivity index (χ4n) is 3.09. The summed E-state index contributed by atoms with van der Waals surface area (Å²) in [5.74, 6) is 0.911. The van der Waals surface area contributed by atoms with Crippen LogP contribution in [0, 0.1) is 0 Å². The third kappa shape index (κ3) is 2.93. The molecule has 0 aliphatic carbocycles. The average Bonchev–Trinajstić information content (AvgIpc) is 3.09. The lowest BCUT2D eigenvalue weighted by Crippen LogP contribution is -2.25. The Hall–Kier alpha value is -2.58. The molecule has 0 spiro atoms. The van der Waals surface area contributed by atoms with Crippen LogP contribution in [0.3, 0.4) is 0 Å². The standard InChI is InChI=1S/C21H17ClN2/c22-18-13-11-17(12-14-18)21-23-19(15-7-3-1-4-8-15)20(24-21)16-9-5-2-6-10-16/h1-14,19-20H,(H,23,24). The third-order valence-electron chi connectivity index (χ3n) is 4.29. The molecule has 2 nitrogen and oxygen atoms in total. The Labute approximate surface area is 146 Å². The van der Waals surface area contributed by atoms with Crippen LogP contribution in [0.15, 0.2) is 89.9 Å². The molecule has 24 heavy (non-hydrogen) atoms. The van der Waals surface area contributed by atoms with Gasteiger partial charge < -0.3 is 5.32 Å². The predicted molar refractivity (Wildman–Crippen MR) is 99.5 cm³/mol. The molecular weight excluding hydrogens is 316 g/mol. The first-order valence-electron chi connectivity index (χ1n) is 8.01. The van der Waals surface area contributed by atoms with Crippen molar-refractivity contribution in [2.75, 3.05) is 0 Å². The van der Waals surface area contributed by atoms with E-state index >= 15 is 0 Å². The molecule has 0 radical (unpaired) electrons. The fourth-order valence-corrected chi connectivity index (χ4v) is 3.21. The molecule has 118 valence electrons. The first-order valence-corrected chi connectivity index (χ1v) is 8.39. The second kappa shape index (κ2) is 6.50. The van der Waals surface area contributed by atoms with Crippen LogP contribution in [0.25, 0.3) is 0 Å². The number of benzene rings is 3. The van der Waals surface area contributed by atoms with E-state index in [1.807, 2.05) is 36.4 Å². The minimum absolute atomic E-state index is 0.0549. The molecule has 3 heteroatoms. The summed E-state index contributed by atoms with van der Waals surface area (Å²) in [6.45, 7) is 0. The number of nitrogens with zero attached hydrogens (tertiary/aromatic N) is 1. The summed E-state index contributed by atoms with van der Waals surface area (Å²) in [6.07, 6.45) is 0. The van der Waals surface area contributed by atoms with Gasteiger partial charge >= 0.3 is 0 Å². The molecule has 2 atom stereocenters. The van der Waals surface area contributed by atoms with Crippen molar-refractivity contribution in [3.63, 3.8) is 0 Å². The number of halogens is 1. The van der Waals surface area contributed by atoms with Gasteiger partial charge in [-0.05, 0) is 35.4 Å². The van der Waals surface area contributed by atoms with Gasteiger partial charge in [-0.15, -0.1) is 0 Å². The maximum Gasteiger partial charge on any atom is 0.129 e. The monoisotopic (exact) mass is 332 g/mol. The second-order valence-corrected chi connectivity index (χ2v) is 6.31. The van der Waals surface area contributed by atoms with E-state index in [1.54, 1.807) is 0 Å². The highest BCUT2D eigenvalue weighted by atomic mass is 35.5. The van der Waals surface area contributed by atoms with Crippen LogP contribution < -0.4 is 5.32 Å². The Balaban J connectivity index is 1.74. The van der Waals surface area contributed by atoms with Crippen molar-refractivity contribution in [2.24, 2.45) is 4.99 Å². The Bertz CT molecular complexity index is 842. The van der Waals surface area contributed by atoms with Gasteiger partial charge in [0, 0.05) is 10.6 Å². The van der Waals surface area contributed by atoms with Crippen LogP contribution in [0.1, 0.15) is 28.8 Å². The molecule has 0 saturated carbocycles. The van der Waals surface area contributed by atoms with E-state index in [1.165, 1.54) is 11.1 Å². The van der Waals surface area contributed by atoms with Gasteiger partial charge in [-0.2, -0.15) is 0 Å². The quantitative estimate of drug-likeness (QED) is 0.702. The summed E-state index contributed by atoms with van der Waals surface area (Å²) >= 11 is 6.01. The summed E-state index contributed by atoms with van der Waals surface area (Å²) in [5.41, 5.74) is 3.50. The minimum Gasteiger partial charge on any atom is -0.361 e. The van der Waals surface area contributed by atoms with Crippen LogP contribution in [0.2, 0.25) is 5.02 Å². The summed E-state index contributed by atoms with van der Waals surface area (Å²) < 4.78 is 0. The van der Waals surface area contributed by atoms with Gasteiger partial charge in [0.05, 0.1) is 6.04 Å². The topological polar surface area (TPSA) is 24.4 Å². The van der Waals surface area contributed by atoms with Crippen LogP contribution in [-0.2, 0) is 0 Å². The molecule has 0 fully saturated rings. The molecule has 3 aromatic rings. The minimum atomic E-state index is 0.0549. The molecular formula is C21H17ClN2. The molecule has 1 N–H and O–H groups in total. The number of aliphatic imine (C=N–C) groups is 1. The maximum absolute atomic E-state index is 6.01. The zero-order chi connectivity index (χ0) is 16.4. The van der Waals surface area contributed by atoms with Crippen molar-refractivity contribution in [1.29, 1.82) is 0 Å². The largest absolute Gasteiger partial charge is 0.361 e. The highest BCUT2D eigenvalue weighted by Gasteiger charge is 2.31. The molecule has 0 saturated heterocycles. The number of amidine groups is 1. The van der Waals surface area contributed by atoms with E-state index in [9.17, 15) is 0 Å². The van der Waals surface area contributed by atoms with Crippen LogP contribution in [-0.4, -0.2) is 5.84 Å². The average molecular weight is 333 g/mol. The second-order valence-electron chi connectivity index (χ2n) is 5.87. The van der Waals surface area contributed by atoms with Crippen molar-refractivity contribution in [3.8, 4) is 0 Å². The SMILES string of the molecule is Clc1ccc(C2=NC(c3ccccc3)C(c3ccccc3)N2)cc1. The molecule has 4 rings (SSSR count). The van der Waals surface area contributed by atoms with Gasteiger partial charge in [-0.25, -0.2) is 0 Å². The van der Waals surface area contributed by atoms with E-state index in [0.29, 0.717) is 0 Å². The normalized spacial score (nSPS) is 19.6. The molecule has 0 amide bonds. The number of hydrogen-bond donors (Lipinski definition) is 1. The van der Waals surface area contributed by atoms with Gasteiger partial charge in [0.25, 0.3) is 0 Å². The molecule has 3 aromatic carbocycles. The predicted octanol–water partition coefficient (Wildman–Crippen LogP) is 5.17. The van der Waals surface area contributed by atoms with E-state index in [2.05, 4.69) is 53.8 Å². The summed E-state index contributed by atoms with van der Waals surface area (Å²) in [5, 5.41) is 4.33. The van der Waals surface area contributed by atoms with Crippen molar-refractivity contribution in [1.82, 2.24) is 5.32 Å². The Kier molecular flexibility index (Phi) is 4.06. The molecule has 0 aromatic heterocycles. The Morgan fingerprint density at radius 2 is 1.29 bits per heavy atom. The zero-order valence-corrected chi connectivity index (χ0v) is 13.8. The van der Waals surface area contributed by atoms with Gasteiger partial charge in [-0.1, -0.05) is 72.3 Å². The van der Waals surface area contributed by atoms with E-state index in [-0.39, 0.29) is 12.1 Å².